The van der Waals surface area contributed by atoms with Crippen molar-refractivity contribution in [1.29, 1.82) is 0 Å². The number of hydrogen-bond acceptors (Lipinski definition) is 7. The van der Waals surface area contributed by atoms with Gasteiger partial charge in [-0.05, 0) is 24.6 Å². The fourth-order valence-electron chi connectivity index (χ4n) is 2.53. The van der Waals surface area contributed by atoms with Crippen molar-refractivity contribution in [3.8, 4) is 0 Å². The topological polar surface area (TPSA) is 112 Å². The first-order valence-electron chi connectivity index (χ1n) is 8.17. The van der Waals surface area contributed by atoms with Gasteiger partial charge in [-0.2, -0.15) is 0 Å². The van der Waals surface area contributed by atoms with Crippen LogP contribution in [0.2, 0.25) is 0 Å². The zero-order valence-corrected chi connectivity index (χ0v) is 14.9. The summed E-state index contributed by atoms with van der Waals surface area (Å²) in [6.45, 7) is 1.62. The van der Waals surface area contributed by atoms with Crippen LogP contribution in [0.5, 0.6) is 0 Å². The number of aliphatic hydroxyl groups excluding tert-OH is 1. The van der Waals surface area contributed by atoms with Gasteiger partial charge in [-0.3, -0.25) is 19.3 Å². The monoisotopic (exact) mass is 374 g/mol. The van der Waals surface area contributed by atoms with Crippen molar-refractivity contribution in [2.75, 3.05) is 23.8 Å². The number of fused-ring (bicyclic) bond motifs is 1. The van der Waals surface area contributed by atoms with Crippen LogP contribution in [0.1, 0.15) is 19.8 Å². The molecular weight excluding hydrogens is 356 g/mol. The molecule has 0 aliphatic carbocycles. The van der Waals surface area contributed by atoms with Crippen LogP contribution in [-0.4, -0.2) is 45.9 Å². The highest BCUT2D eigenvalue weighted by Gasteiger charge is 2.30. The second-order valence-electron chi connectivity index (χ2n) is 5.70. The molecule has 2 aromatic rings. The lowest BCUT2D eigenvalue weighted by Gasteiger charge is -2.13. The Morgan fingerprint density at radius 3 is 2.88 bits per heavy atom. The van der Waals surface area contributed by atoms with Crippen LogP contribution < -0.4 is 10.6 Å². The van der Waals surface area contributed by atoms with Crippen LogP contribution in [0.3, 0.4) is 0 Å². The van der Waals surface area contributed by atoms with Crippen molar-refractivity contribution in [2.24, 2.45) is 0 Å². The van der Waals surface area contributed by atoms with E-state index >= 15 is 0 Å². The summed E-state index contributed by atoms with van der Waals surface area (Å²) in [6, 6.07) is 5.32. The number of imide groups is 1. The van der Waals surface area contributed by atoms with Crippen molar-refractivity contribution in [1.82, 2.24) is 9.88 Å². The van der Waals surface area contributed by atoms with Gasteiger partial charge < -0.3 is 15.7 Å². The van der Waals surface area contributed by atoms with E-state index in [1.54, 1.807) is 18.2 Å². The number of rotatable bonds is 7. The third-order valence-electron chi connectivity index (χ3n) is 3.72. The largest absolute Gasteiger partial charge is 0.395 e. The number of carbonyl (C=O) groups is 3. The molecule has 0 saturated carbocycles. The molecule has 0 unspecified atom stereocenters. The summed E-state index contributed by atoms with van der Waals surface area (Å²) in [5, 5.41) is 15.1. The summed E-state index contributed by atoms with van der Waals surface area (Å²) in [6.07, 6.45) is 2.42. The Hall–Kier alpha value is -2.78. The van der Waals surface area contributed by atoms with Crippen molar-refractivity contribution < 1.29 is 19.5 Å². The molecule has 0 fully saturated rings. The number of aromatic nitrogens is 1. The lowest BCUT2D eigenvalue weighted by atomic mass is 10.3. The lowest BCUT2D eigenvalue weighted by molar-refractivity contribution is -0.137. The first-order chi connectivity index (χ1) is 12.5. The Bertz CT molecular complexity index is 905. The van der Waals surface area contributed by atoms with Gasteiger partial charge in [0.05, 0.1) is 23.4 Å². The zero-order chi connectivity index (χ0) is 18.7. The maximum Gasteiger partial charge on any atom is 0.277 e. The Morgan fingerprint density at radius 1 is 1.35 bits per heavy atom. The van der Waals surface area contributed by atoms with Gasteiger partial charge in [-0.1, -0.05) is 18.3 Å². The van der Waals surface area contributed by atoms with Gasteiger partial charge in [-0.25, -0.2) is 4.98 Å². The van der Waals surface area contributed by atoms with Crippen LogP contribution >= 0.6 is 11.3 Å². The third-order valence-corrected chi connectivity index (χ3v) is 4.66. The molecule has 1 aliphatic rings. The molecule has 0 saturated heterocycles. The first kappa shape index (κ1) is 18.0. The average molecular weight is 374 g/mol. The smallest absolute Gasteiger partial charge is 0.277 e. The Morgan fingerprint density at radius 2 is 2.15 bits per heavy atom. The van der Waals surface area contributed by atoms with E-state index in [2.05, 4.69) is 15.6 Å². The Labute approximate surface area is 153 Å². The van der Waals surface area contributed by atoms with Crippen molar-refractivity contribution in [3.63, 3.8) is 0 Å². The Kier molecular flexibility index (Phi) is 5.29. The van der Waals surface area contributed by atoms with E-state index in [4.69, 9.17) is 5.11 Å². The fourth-order valence-corrected chi connectivity index (χ4v) is 3.45. The first-order valence-corrected chi connectivity index (χ1v) is 8.99. The normalized spacial score (nSPS) is 14.1. The second-order valence-corrected chi connectivity index (χ2v) is 6.73. The highest BCUT2D eigenvalue weighted by molar-refractivity contribution is 7.22. The van der Waals surface area contributed by atoms with Crippen LogP contribution in [0.15, 0.2) is 30.0 Å². The molecule has 1 aromatic heterocycles. The predicted molar refractivity (Wildman–Crippen MR) is 98.7 cm³/mol. The van der Waals surface area contributed by atoms with Gasteiger partial charge in [0.2, 0.25) is 5.91 Å². The standard InChI is InChI=1S/C17H18N4O4S/c1-2-3-14(23)20-17-19-11-5-4-10(8-13(11)26-17)18-12-9-15(24)21(6-7-22)16(12)25/h4-5,8-9,18,22H,2-3,6-7H2,1H3,(H,19,20,23). The molecule has 3 amide bonds. The van der Waals surface area contributed by atoms with E-state index in [0.29, 0.717) is 17.2 Å². The minimum absolute atomic E-state index is 0.0337. The van der Waals surface area contributed by atoms with Crippen LogP contribution in [-0.2, 0) is 14.4 Å². The van der Waals surface area contributed by atoms with Crippen molar-refractivity contribution >= 4 is 50.1 Å². The fraction of sp³-hybridized carbons (Fsp3) is 0.294. The molecule has 3 rings (SSSR count). The number of aliphatic hydroxyl groups is 1. The Balaban J connectivity index is 1.75. The number of nitrogens with zero attached hydrogens (tertiary/aromatic N) is 2. The molecule has 0 radical (unpaired) electrons. The van der Waals surface area contributed by atoms with Crippen molar-refractivity contribution in [3.05, 3.63) is 30.0 Å². The summed E-state index contributed by atoms with van der Waals surface area (Å²) < 4.78 is 0.839. The highest BCUT2D eigenvalue weighted by atomic mass is 32.1. The van der Waals surface area contributed by atoms with Gasteiger partial charge in [0, 0.05) is 18.2 Å². The minimum atomic E-state index is -0.471. The molecule has 1 aromatic carbocycles. The molecule has 0 bridgehead atoms. The number of amides is 3. The van der Waals surface area contributed by atoms with Gasteiger partial charge >= 0.3 is 0 Å². The number of anilines is 2. The molecule has 2 heterocycles. The van der Waals surface area contributed by atoms with Gasteiger partial charge in [0.15, 0.2) is 5.13 Å². The number of hydrogen-bond donors (Lipinski definition) is 3. The van der Waals surface area contributed by atoms with E-state index in [1.807, 2.05) is 6.92 Å². The predicted octanol–water partition coefficient (Wildman–Crippen LogP) is 1.69. The summed E-state index contributed by atoms with van der Waals surface area (Å²) in [4.78, 5) is 41.0. The number of nitrogens with one attached hydrogen (secondary N) is 2. The molecule has 9 heteroatoms. The van der Waals surface area contributed by atoms with Crippen molar-refractivity contribution in [2.45, 2.75) is 19.8 Å². The molecule has 3 N–H and O–H groups in total. The van der Waals surface area contributed by atoms with Gasteiger partial charge in [0.1, 0.15) is 5.70 Å². The summed E-state index contributed by atoms with van der Waals surface area (Å²) in [5.74, 6) is -0.999. The molecule has 8 nitrogen and oxygen atoms in total. The van der Waals surface area contributed by atoms with Gasteiger partial charge in [0.25, 0.3) is 11.8 Å². The second kappa shape index (κ2) is 7.63. The molecule has 136 valence electrons. The van der Waals surface area contributed by atoms with E-state index in [9.17, 15) is 14.4 Å². The van der Waals surface area contributed by atoms with E-state index in [1.165, 1.54) is 17.4 Å². The average Bonchev–Trinajstić information content (AvgIpc) is 3.10. The van der Waals surface area contributed by atoms with Crippen LogP contribution in [0, 0.1) is 0 Å². The molecule has 26 heavy (non-hydrogen) atoms. The van der Waals surface area contributed by atoms with Gasteiger partial charge in [-0.15, -0.1) is 0 Å². The SMILES string of the molecule is CCCC(=O)Nc1nc2ccc(NC3=CC(=O)N(CCO)C3=O)cc2s1. The van der Waals surface area contributed by atoms with E-state index < -0.39 is 11.8 Å². The summed E-state index contributed by atoms with van der Waals surface area (Å²) in [5.41, 5.74) is 1.52. The third kappa shape index (κ3) is 3.73. The number of thiazole rings is 1. The maximum absolute atomic E-state index is 12.2. The van der Waals surface area contributed by atoms with Crippen LogP contribution in [0.25, 0.3) is 10.2 Å². The molecule has 0 spiro atoms. The number of benzene rings is 1. The molecular formula is C17H18N4O4S. The number of carbonyl (C=O) groups excluding carboxylic acids is 3. The number of β-amino-alcohol motifs (C(OH)–C–C–N with tert-alkyl or cyclic N) is 1. The van der Waals surface area contributed by atoms with E-state index in [0.717, 1.165) is 21.5 Å². The summed E-state index contributed by atoms with van der Waals surface area (Å²) >= 11 is 1.34. The minimum Gasteiger partial charge on any atom is -0.395 e. The van der Waals surface area contributed by atoms with E-state index in [-0.39, 0.29) is 24.8 Å². The molecule has 1 aliphatic heterocycles. The maximum atomic E-state index is 12.2. The lowest BCUT2D eigenvalue weighted by Crippen LogP contribution is -2.34. The summed E-state index contributed by atoms with van der Waals surface area (Å²) in [7, 11) is 0. The van der Waals surface area contributed by atoms with Crippen LogP contribution in [0.4, 0.5) is 10.8 Å². The quantitative estimate of drug-likeness (QED) is 0.636. The highest BCUT2D eigenvalue weighted by Crippen LogP contribution is 2.29. The zero-order valence-electron chi connectivity index (χ0n) is 14.1. The molecule has 0 atom stereocenters.